The Hall–Kier alpha value is -2.32. The van der Waals surface area contributed by atoms with Gasteiger partial charge in [0.15, 0.2) is 0 Å². The average molecular weight is 479 g/mol. The highest BCUT2D eigenvalue weighted by molar-refractivity contribution is 7.87. The van der Waals surface area contributed by atoms with Crippen LogP contribution in [0.1, 0.15) is 62.6 Å². The van der Waals surface area contributed by atoms with Gasteiger partial charge in [-0.15, -0.1) is 0 Å². The van der Waals surface area contributed by atoms with Crippen LogP contribution in [-0.4, -0.2) is 28.3 Å². The van der Waals surface area contributed by atoms with Gasteiger partial charge in [0.25, 0.3) is 0 Å². The molecule has 0 aromatic heterocycles. The second-order valence-corrected chi connectivity index (χ2v) is 11.3. The summed E-state index contributed by atoms with van der Waals surface area (Å²) in [5.41, 5.74) is 3.98. The summed E-state index contributed by atoms with van der Waals surface area (Å²) in [5.74, 6) is 0.662. The molecule has 0 saturated heterocycles. The lowest BCUT2D eigenvalue weighted by molar-refractivity contribution is 0.481. The highest BCUT2D eigenvalue weighted by atomic mass is 32.2. The summed E-state index contributed by atoms with van der Waals surface area (Å²) in [7, 11) is -7.18. The first-order valence-corrected chi connectivity index (χ1v) is 14.1. The molecule has 0 unspecified atom stereocenters. The Morgan fingerprint density at radius 1 is 0.781 bits per heavy atom. The van der Waals surface area contributed by atoms with Crippen LogP contribution in [0.15, 0.2) is 42.5 Å². The first-order valence-electron chi connectivity index (χ1n) is 11.0. The summed E-state index contributed by atoms with van der Waals surface area (Å²) in [4.78, 5) is 0. The van der Waals surface area contributed by atoms with Crippen molar-refractivity contribution in [1.29, 1.82) is 0 Å². The molecule has 2 aromatic rings. The van der Waals surface area contributed by atoms with Gasteiger partial charge in [0.05, 0.1) is 11.5 Å². The molecule has 0 saturated carbocycles. The molecule has 0 heterocycles. The largest absolute Gasteiger partial charge is 0.382 e. The normalized spacial score (nSPS) is 13.9. The van der Waals surface area contributed by atoms with E-state index in [-0.39, 0.29) is 11.5 Å². The number of allylic oxidation sites excluding steroid dienone is 1. The number of hydrogen-bond acceptors (Lipinski definition) is 6. The zero-order chi connectivity index (χ0) is 23.2. The van der Waals surface area contributed by atoms with Crippen molar-refractivity contribution in [3.8, 4) is 11.5 Å². The topological polar surface area (TPSA) is 86.7 Å². The summed E-state index contributed by atoms with van der Waals surface area (Å²) in [5, 5.41) is 0. The number of rotatable bonds is 11. The van der Waals surface area contributed by atoms with Gasteiger partial charge in [0.1, 0.15) is 11.5 Å². The standard InChI is InChI=1S/C24H30O6S2/c1-3-5-14-31(25,26)29-23-9-7-8-19(17-23)20-10-11-22-18-24(13-12-21(22)16-20)30-32(27,28)15-6-4-2/h7-9,12-13,16-18H,3-6,10-11,14-15H2,1-2H3. The Balaban J connectivity index is 1.77. The van der Waals surface area contributed by atoms with Crippen LogP contribution in [0.5, 0.6) is 11.5 Å². The molecule has 2 aromatic carbocycles. The van der Waals surface area contributed by atoms with Gasteiger partial charge < -0.3 is 8.37 Å². The molecule has 1 aliphatic carbocycles. The highest BCUT2D eigenvalue weighted by Crippen LogP contribution is 2.34. The van der Waals surface area contributed by atoms with Gasteiger partial charge in [-0.25, -0.2) is 0 Å². The molecule has 0 spiro atoms. The molecule has 0 amide bonds. The zero-order valence-corrected chi connectivity index (χ0v) is 20.2. The van der Waals surface area contributed by atoms with Crippen molar-refractivity contribution in [2.75, 3.05) is 11.5 Å². The fourth-order valence-corrected chi connectivity index (χ4v) is 5.76. The molecular weight excluding hydrogens is 448 g/mol. The Morgan fingerprint density at radius 2 is 1.41 bits per heavy atom. The van der Waals surface area contributed by atoms with E-state index >= 15 is 0 Å². The van der Waals surface area contributed by atoms with Crippen molar-refractivity contribution in [3.05, 3.63) is 59.2 Å². The van der Waals surface area contributed by atoms with E-state index in [1.54, 1.807) is 30.3 Å². The van der Waals surface area contributed by atoms with Crippen LogP contribution < -0.4 is 8.37 Å². The summed E-state index contributed by atoms with van der Waals surface area (Å²) < 4.78 is 58.9. The monoisotopic (exact) mass is 478 g/mol. The van der Waals surface area contributed by atoms with Gasteiger partial charge in [-0.3, -0.25) is 0 Å². The number of unbranched alkanes of at least 4 members (excludes halogenated alkanes) is 2. The van der Waals surface area contributed by atoms with Crippen LogP contribution in [0.4, 0.5) is 0 Å². The van der Waals surface area contributed by atoms with Crippen LogP contribution in [0.2, 0.25) is 0 Å². The molecule has 0 aliphatic heterocycles. The van der Waals surface area contributed by atoms with Crippen LogP contribution in [0, 0.1) is 0 Å². The van der Waals surface area contributed by atoms with Crippen LogP contribution in [-0.2, 0) is 26.7 Å². The van der Waals surface area contributed by atoms with Crippen LogP contribution >= 0.6 is 0 Å². The molecule has 0 bridgehead atoms. The number of benzene rings is 2. The maximum Gasteiger partial charge on any atom is 0.309 e. The van der Waals surface area contributed by atoms with Crippen molar-refractivity contribution < 1.29 is 25.2 Å². The summed E-state index contributed by atoms with van der Waals surface area (Å²) in [6.45, 7) is 3.87. The fraction of sp³-hybridized carbons (Fsp3) is 0.417. The van der Waals surface area contributed by atoms with E-state index in [0.29, 0.717) is 24.3 Å². The molecule has 0 fully saturated rings. The molecule has 174 valence electrons. The molecule has 0 N–H and O–H groups in total. The van der Waals surface area contributed by atoms with Crippen LogP contribution in [0.25, 0.3) is 11.6 Å². The predicted octanol–water partition coefficient (Wildman–Crippen LogP) is 5.19. The third-order valence-electron chi connectivity index (χ3n) is 5.25. The predicted molar refractivity (Wildman–Crippen MR) is 128 cm³/mol. The molecular formula is C24H30O6S2. The van der Waals surface area contributed by atoms with E-state index in [0.717, 1.165) is 47.9 Å². The quantitative estimate of drug-likeness (QED) is 0.413. The van der Waals surface area contributed by atoms with Gasteiger partial charge in [-0.05, 0) is 72.2 Å². The van der Waals surface area contributed by atoms with Gasteiger partial charge >= 0.3 is 20.2 Å². The van der Waals surface area contributed by atoms with E-state index in [1.165, 1.54) is 0 Å². The van der Waals surface area contributed by atoms with Crippen molar-refractivity contribution in [2.45, 2.75) is 52.4 Å². The number of fused-ring (bicyclic) bond motifs is 1. The third-order valence-corrected chi connectivity index (χ3v) is 7.72. The summed E-state index contributed by atoms with van der Waals surface area (Å²) in [6, 6.07) is 12.4. The Kier molecular flexibility index (Phi) is 8.00. The second kappa shape index (κ2) is 10.5. The molecule has 8 heteroatoms. The number of aryl methyl sites for hydroxylation is 1. The SMILES string of the molecule is CCCCS(=O)(=O)Oc1cccc(C2=Cc3ccc(OS(=O)(=O)CCCC)cc3CC2)c1. The molecule has 32 heavy (non-hydrogen) atoms. The lowest BCUT2D eigenvalue weighted by Crippen LogP contribution is -2.14. The average Bonchev–Trinajstić information content (AvgIpc) is 2.75. The first-order chi connectivity index (χ1) is 15.2. The van der Waals surface area contributed by atoms with Crippen molar-refractivity contribution in [3.63, 3.8) is 0 Å². The lowest BCUT2D eigenvalue weighted by atomic mass is 9.88. The Labute approximate surface area is 191 Å². The smallest absolute Gasteiger partial charge is 0.309 e. The van der Waals surface area contributed by atoms with Crippen molar-refractivity contribution in [1.82, 2.24) is 0 Å². The maximum atomic E-state index is 12.1. The maximum absolute atomic E-state index is 12.1. The molecule has 0 radical (unpaired) electrons. The van der Waals surface area contributed by atoms with E-state index in [9.17, 15) is 16.8 Å². The fourth-order valence-electron chi connectivity index (χ4n) is 3.51. The molecule has 6 nitrogen and oxygen atoms in total. The minimum atomic E-state index is -3.60. The van der Waals surface area contributed by atoms with Gasteiger partial charge in [0, 0.05) is 0 Å². The summed E-state index contributed by atoms with van der Waals surface area (Å²) >= 11 is 0. The van der Waals surface area contributed by atoms with E-state index in [1.807, 2.05) is 32.1 Å². The van der Waals surface area contributed by atoms with Gasteiger partial charge in [-0.1, -0.05) is 51.0 Å². The van der Waals surface area contributed by atoms with E-state index in [2.05, 4.69) is 0 Å². The molecule has 1 aliphatic rings. The minimum absolute atomic E-state index is 0.00235. The molecule has 3 rings (SSSR count). The minimum Gasteiger partial charge on any atom is -0.382 e. The first kappa shape index (κ1) is 24.3. The second-order valence-electron chi connectivity index (χ2n) is 7.96. The van der Waals surface area contributed by atoms with Gasteiger partial charge in [0.2, 0.25) is 0 Å². The van der Waals surface area contributed by atoms with E-state index < -0.39 is 20.2 Å². The van der Waals surface area contributed by atoms with Crippen molar-refractivity contribution in [2.24, 2.45) is 0 Å². The van der Waals surface area contributed by atoms with E-state index in [4.69, 9.17) is 8.37 Å². The molecule has 0 atom stereocenters. The highest BCUT2D eigenvalue weighted by Gasteiger charge is 2.17. The third kappa shape index (κ3) is 6.84. The van der Waals surface area contributed by atoms with Gasteiger partial charge in [-0.2, -0.15) is 16.8 Å². The van der Waals surface area contributed by atoms with Crippen LogP contribution in [0.3, 0.4) is 0 Å². The van der Waals surface area contributed by atoms with Crippen molar-refractivity contribution >= 4 is 31.9 Å². The zero-order valence-electron chi connectivity index (χ0n) is 18.5. The Morgan fingerprint density at radius 3 is 2.03 bits per heavy atom. The lowest BCUT2D eigenvalue weighted by Gasteiger charge is -2.18. The Bertz CT molecular complexity index is 1180. The summed E-state index contributed by atoms with van der Waals surface area (Å²) in [6.07, 6.45) is 6.22. The number of hydrogen-bond donors (Lipinski definition) is 0.